The molecule has 14 heavy (non-hydrogen) atoms. The van der Waals surface area contributed by atoms with Crippen LogP contribution in [0.4, 0.5) is 0 Å². The number of hydrogen-bond donors (Lipinski definition) is 1. The van der Waals surface area contributed by atoms with Crippen molar-refractivity contribution in [3.63, 3.8) is 0 Å². The van der Waals surface area contributed by atoms with Crippen molar-refractivity contribution in [3.05, 3.63) is 11.7 Å². The number of hydrogen-bond acceptors (Lipinski definition) is 4. The molecule has 2 rings (SSSR count). The lowest BCUT2D eigenvalue weighted by Crippen LogP contribution is -2.17. The van der Waals surface area contributed by atoms with Crippen LogP contribution in [0.2, 0.25) is 0 Å². The summed E-state index contributed by atoms with van der Waals surface area (Å²) in [5.41, 5.74) is 5.91. The van der Waals surface area contributed by atoms with Gasteiger partial charge < -0.3 is 10.3 Å². The molecule has 0 radical (unpaired) electrons. The molecule has 78 valence electrons. The first kappa shape index (κ1) is 9.65. The van der Waals surface area contributed by atoms with E-state index in [0.717, 1.165) is 5.82 Å². The molecule has 1 aliphatic rings. The van der Waals surface area contributed by atoms with Crippen molar-refractivity contribution in [1.82, 2.24) is 10.1 Å². The van der Waals surface area contributed by atoms with Crippen LogP contribution in [-0.4, -0.2) is 10.1 Å². The normalized spacial score (nSPS) is 28.1. The Morgan fingerprint density at radius 1 is 1.50 bits per heavy atom. The standard InChI is InChI=1S/C10H17N3O/c1-5(2)8(11)10-12-9(13-14-10)7-4-6(7)3/h5-8H,4,11H2,1-3H3/t6?,7?,8-/m0/s1. The monoisotopic (exact) mass is 195 g/mol. The van der Waals surface area contributed by atoms with Crippen molar-refractivity contribution in [2.24, 2.45) is 17.6 Å². The van der Waals surface area contributed by atoms with Crippen LogP contribution in [0.3, 0.4) is 0 Å². The van der Waals surface area contributed by atoms with E-state index in [1.54, 1.807) is 0 Å². The number of nitrogens with zero attached hydrogens (tertiary/aromatic N) is 2. The van der Waals surface area contributed by atoms with Gasteiger partial charge in [0.25, 0.3) is 0 Å². The second-order valence-corrected chi connectivity index (χ2v) is 4.58. The van der Waals surface area contributed by atoms with Crippen molar-refractivity contribution >= 4 is 0 Å². The average molecular weight is 195 g/mol. The second kappa shape index (κ2) is 3.35. The molecule has 1 saturated carbocycles. The zero-order valence-corrected chi connectivity index (χ0v) is 8.90. The smallest absolute Gasteiger partial charge is 0.243 e. The summed E-state index contributed by atoms with van der Waals surface area (Å²) in [5.74, 6) is 2.96. The molecule has 3 atom stereocenters. The molecule has 1 aromatic heterocycles. The van der Waals surface area contributed by atoms with Crippen molar-refractivity contribution < 1.29 is 4.52 Å². The molecule has 4 heteroatoms. The summed E-state index contributed by atoms with van der Waals surface area (Å²) in [4.78, 5) is 4.34. The molecule has 1 fully saturated rings. The first-order valence-corrected chi connectivity index (χ1v) is 5.18. The highest BCUT2D eigenvalue weighted by atomic mass is 16.5. The zero-order valence-electron chi connectivity index (χ0n) is 8.90. The van der Waals surface area contributed by atoms with E-state index in [4.69, 9.17) is 10.3 Å². The van der Waals surface area contributed by atoms with Gasteiger partial charge in [0.15, 0.2) is 5.82 Å². The first-order valence-electron chi connectivity index (χ1n) is 5.18. The molecule has 4 nitrogen and oxygen atoms in total. The van der Waals surface area contributed by atoms with Crippen molar-refractivity contribution in [2.75, 3.05) is 0 Å². The van der Waals surface area contributed by atoms with Gasteiger partial charge in [0.05, 0.1) is 6.04 Å². The van der Waals surface area contributed by atoms with Gasteiger partial charge in [-0.1, -0.05) is 25.9 Å². The molecule has 0 spiro atoms. The molecule has 2 N–H and O–H groups in total. The minimum absolute atomic E-state index is 0.134. The van der Waals surface area contributed by atoms with Crippen LogP contribution < -0.4 is 5.73 Å². The van der Waals surface area contributed by atoms with E-state index in [0.29, 0.717) is 23.6 Å². The maximum Gasteiger partial charge on any atom is 0.243 e. The summed E-state index contributed by atoms with van der Waals surface area (Å²) in [6, 6.07) is -0.134. The highest BCUT2D eigenvalue weighted by Gasteiger charge is 2.38. The van der Waals surface area contributed by atoms with Crippen molar-refractivity contribution in [1.29, 1.82) is 0 Å². The predicted molar refractivity (Wildman–Crippen MR) is 52.6 cm³/mol. The lowest BCUT2D eigenvalue weighted by Gasteiger charge is -2.09. The van der Waals surface area contributed by atoms with Crippen molar-refractivity contribution in [3.8, 4) is 0 Å². The largest absolute Gasteiger partial charge is 0.338 e. The zero-order chi connectivity index (χ0) is 10.3. The van der Waals surface area contributed by atoms with E-state index in [1.807, 2.05) is 13.8 Å². The van der Waals surface area contributed by atoms with Gasteiger partial charge >= 0.3 is 0 Å². The summed E-state index contributed by atoms with van der Waals surface area (Å²) in [6.45, 7) is 6.30. The lowest BCUT2D eigenvalue weighted by molar-refractivity contribution is 0.322. The van der Waals surface area contributed by atoms with Crippen molar-refractivity contribution in [2.45, 2.75) is 39.2 Å². The van der Waals surface area contributed by atoms with Crippen LogP contribution in [0.25, 0.3) is 0 Å². The molecule has 0 amide bonds. The van der Waals surface area contributed by atoms with Gasteiger partial charge in [-0.25, -0.2) is 0 Å². The summed E-state index contributed by atoms with van der Waals surface area (Å²) >= 11 is 0. The Morgan fingerprint density at radius 3 is 2.64 bits per heavy atom. The molecule has 2 unspecified atom stereocenters. The van der Waals surface area contributed by atoms with Crippen LogP contribution in [0, 0.1) is 11.8 Å². The molecule has 0 aromatic carbocycles. The molecule has 0 bridgehead atoms. The fourth-order valence-corrected chi connectivity index (χ4v) is 1.50. The number of aromatic nitrogens is 2. The van der Waals surface area contributed by atoms with Gasteiger partial charge in [-0.2, -0.15) is 4.98 Å². The van der Waals surface area contributed by atoms with E-state index < -0.39 is 0 Å². The minimum atomic E-state index is -0.134. The summed E-state index contributed by atoms with van der Waals surface area (Å²) in [5, 5.41) is 3.97. The molecule has 1 aliphatic carbocycles. The Kier molecular flexibility index (Phi) is 2.31. The quantitative estimate of drug-likeness (QED) is 0.799. The van der Waals surface area contributed by atoms with Gasteiger partial charge in [-0.15, -0.1) is 0 Å². The van der Waals surface area contributed by atoms with Gasteiger partial charge in [-0.05, 0) is 18.3 Å². The molecule has 1 aromatic rings. The van der Waals surface area contributed by atoms with Crippen LogP contribution in [-0.2, 0) is 0 Å². The topological polar surface area (TPSA) is 64.9 Å². The van der Waals surface area contributed by atoms with Crippen LogP contribution in [0.1, 0.15) is 50.9 Å². The highest BCUT2D eigenvalue weighted by Crippen LogP contribution is 2.45. The second-order valence-electron chi connectivity index (χ2n) is 4.58. The number of rotatable bonds is 3. The third-order valence-electron chi connectivity index (χ3n) is 2.90. The van der Waals surface area contributed by atoms with Crippen LogP contribution in [0.15, 0.2) is 4.52 Å². The third-order valence-corrected chi connectivity index (χ3v) is 2.90. The van der Waals surface area contributed by atoms with Gasteiger partial charge in [0.1, 0.15) is 0 Å². The Labute approximate surface area is 83.9 Å². The first-order chi connectivity index (χ1) is 6.59. The van der Waals surface area contributed by atoms with Gasteiger partial charge in [0.2, 0.25) is 5.89 Å². The summed E-state index contributed by atoms with van der Waals surface area (Å²) < 4.78 is 5.15. The Balaban J connectivity index is 2.10. The Morgan fingerprint density at radius 2 is 2.14 bits per heavy atom. The molecule has 0 aliphatic heterocycles. The molecule has 1 heterocycles. The van der Waals surface area contributed by atoms with Crippen LogP contribution >= 0.6 is 0 Å². The SMILES string of the molecule is CC1CC1c1noc([C@@H](N)C(C)C)n1. The van der Waals surface area contributed by atoms with E-state index >= 15 is 0 Å². The molecule has 0 saturated heterocycles. The summed E-state index contributed by atoms with van der Waals surface area (Å²) in [7, 11) is 0. The molecular weight excluding hydrogens is 178 g/mol. The average Bonchev–Trinajstić information content (AvgIpc) is 2.67. The maximum absolute atomic E-state index is 5.91. The number of nitrogens with two attached hydrogens (primary N) is 1. The fourth-order valence-electron chi connectivity index (χ4n) is 1.50. The molecular formula is C10H17N3O. The van der Waals surface area contributed by atoms with E-state index in [2.05, 4.69) is 17.1 Å². The maximum atomic E-state index is 5.91. The fraction of sp³-hybridized carbons (Fsp3) is 0.800. The van der Waals surface area contributed by atoms with Crippen LogP contribution in [0.5, 0.6) is 0 Å². The van der Waals surface area contributed by atoms with E-state index in [1.165, 1.54) is 6.42 Å². The Hall–Kier alpha value is -0.900. The van der Waals surface area contributed by atoms with Gasteiger partial charge in [-0.3, -0.25) is 0 Å². The minimum Gasteiger partial charge on any atom is -0.338 e. The summed E-state index contributed by atoms with van der Waals surface area (Å²) in [6.07, 6.45) is 1.18. The van der Waals surface area contributed by atoms with Gasteiger partial charge in [0, 0.05) is 5.92 Å². The van der Waals surface area contributed by atoms with E-state index in [9.17, 15) is 0 Å². The third kappa shape index (κ3) is 1.66. The van der Waals surface area contributed by atoms with E-state index in [-0.39, 0.29) is 6.04 Å². The predicted octanol–water partition coefficient (Wildman–Crippen LogP) is 1.85. The highest BCUT2D eigenvalue weighted by molar-refractivity contribution is 5.08. The Bertz CT molecular complexity index is 321. The lowest BCUT2D eigenvalue weighted by atomic mass is 10.1.